The van der Waals surface area contributed by atoms with Crippen molar-refractivity contribution in [1.82, 2.24) is 0 Å². The van der Waals surface area contributed by atoms with E-state index in [4.69, 9.17) is 0 Å². The highest BCUT2D eigenvalue weighted by atomic mass is 32.1. The molecule has 0 fully saturated rings. The van der Waals surface area contributed by atoms with E-state index < -0.39 is 0 Å². The average molecular weight is 217 g/mol. The number of nitrogens with one attached hydrogen (secondary N) is 1. The third-order valence-electron chi connectivity index (χ3n) is 2.31. The van der Waals surface area contributed by atoms with Gasteiger partial charge in [-0.1, -0.05) is 17.7 Å². The van der Waals surface area contributed by atoms with E-state index in [1.807, 2.05) is 11.3 Å². The Balaban J connectivity index is 1.96. The molecule has 0 spiro atoms. The number of thiophene rings is 1. The van der Waals surface area contributed by atoms with Crippen molar-refractivity contribution in [3.05, 3.63) is 51.7 Å². The summed E-state index contributed by atoms with van der Waals surface area (Å²) in [5.74, 6) is 0. The molecule has 2 rings (SSSR count). The number of anilines is 1. The van der Waals surface area contributed by atoms with Crippen LogP contribution in [0.2, 0.25) is 0 Å². The second-order valence-corrected chi connectivity index (χ2v) is 5.10. The molecule has 1 aromatic heterocycles. The molecular weight excluding hydrogens is 202 g/mol. The fourth-order valence-corrected chi connectivity index (χ4v) is 2.27. The first kappa shape index (κ1) is 10.2. The molecule has 0 aliphatic heterocycles. The zero-order chi connectivity index (χ0) is 10.7. The van der Waals surface area contributed by atoms with Crippen molar-refractivity contribution in [3.63, 3.8) is 0 Å². The summed E-state index contributed by atoms with van der Waals surface area (Å²) in [6, 6.07) is 12.8. The molecule has 0 unspecified atom stereocenters. The summed E-state index contributed by atoms with van der Waals surface area (Å²) in [6.07, 6.45) is 0. The van der Waals surface area contributed by atoms with Crippen LogP contribution in [0.1, 0.15) is 15.3 Å². The SMILES string of the molecule is Cc1ccc(NCc2ccc(C)s2)cc1. The molecule has 0 atom stereocenters. The van der Waals surface area contributed by atoms with Gasteiger partial charge in [0.25, 0.3) is 0 Å². The molecular formula is C13H15NS. The second-order valence-electron chi connectivity index (χ2n) is 3.73. The van der Waals surface area contributed by atoms with Crippen LogP contribution in [-0.4, -0.2) is 0 Å². The van der Waals surface area contributed by atoms with Crippen molar-refractivity contribution in [2.45, 2.75) is 20.4 Å². The molecule has 0 bridgehead atoms. The molecule has 0 saturated carbocycles. The van der Waals surface area contributed by atoms with E-state index in [1.165, 1.54) is 21.0 Å². The van der Waals surface area contributed by atoms with Gasteiger partial charge < -0.3 is 5.32 Å². The van der Waals surface area contributed by atoms with Crippen LogP contribution >= 0.6 is 11.3 Å². The minimum atomic E-state index is 0.918. The first-order valence-electron chi connectivity index (χ1n) is 5.10. The first-order chi connectivity index (χ1) is 7.24. The third-order valence-corrected chi connectivity index (χ3v) is 3.31. The normalized spacial score (nSPS) is 10.3. The third kappa shape index (κ3) is 2.83. The maximum absolute atomic E-state index is 3.41. The lowest BCUT2D eigenvalue weighted by Gasteiger charge is -2.04. The Morgan fingerprint density at radius 2 is 1.73 bits per heavy atom. The molecule has 0 aliphatic carbocycles. The predicted octanol–water partition coefficient (Wildman–Crippen LogP) is 3.98. The highest BCUT2D eigenvalue weighted by Gasteiger charge is 1.96. The van der Waals surface area contributed by atoms with E-state index >= 15 is 0 Å². The molecule has 1 heterocycles. The highest BCUT2D eigenvalue weighted by Crippen LogP contribution is 2.17. The lowest BCUT2D eigenvalue weighted by Crippen LogP contribution is -1.96. The van der Waals surface area contributed by atoms with Crippen LogP contribution in [0.4, 0.5) is 5.69 Å². The van der Waals surface area contributed by atoms with Gasteiger partial charge >= 0.3 is 0 Å². The number of benzene rings is 1. The molecule has 1 N–H and O–H groups in total. The summed E-state index contributed by atoms with van der Waals surface area (Å²) in [4.78, 5) is 2.75. The quantitative estimate of drug-likeness (QED) is 0.820. The van der Waals surface area contributed by atoms with E-state index in [0.717, 1.165) is 6.54 Å². The van der Waals surface area contributed by atoms with Gasteiger partial charge in [0.2, 0.25) is 0 Å². The Labute approximate surface area is 94.8 Å². The van der Waals surface area contributed by atoms with Gasteiger partial charge in [-0.05, 0) is 38.1 Å². The van der Waals surface area contributed by atoms with Crippen LogP contribution in [0.3, 0.4) is 0 Å². The first-order valence-corrected chi connectivity index (χ1v) is 5.91. The standard InChI is InChI=1S/C13H15NS/c1-10-3-6-12(7-4-10)14-9-13-8-5-11(2)15-13/h3-8,14H,9H2,1-2H3. The number of hydrogen-bond acceptors (Lipinski definition) is 2. The number of aryl methyl sites for hydroxylation is 2. The summed E-state index contributed by atoms with van der Waals surface area (Å²) in [6.45, 7) is 5.16. The molecule has 0 saturated heterocycles. The molecule has 1 aromatic carbocycles. The average Bonchev–Trinajstić information content (AvgIpc) is 2.64. The van der Waals surface area contributed by atoms with Crippen LogP contribution < -0.4 is 5.32 Å². The van der Waals surface area contributed by atoms with Crippen LogP contribution in [0.15, 0.2) is 36.4 Å². The maximum Gasteiger partial charge on any atom is 0.0494 e. The molecule has 2 aromatic rings. The van der Waals surface area contributed by atoms with Gasteiger partial charge in [0.15, 0.2) is 0 Å². The summed E-state index contributed by atoms with van der Waals surface area (Å²) in [7, 11) is 0. The predicted molar refractivity (Wildman–Crippen MR) is 67.6 cm³/mol. The Hall–Kier alpha value is -1.28. The van der Waals surface area contributed by atoms with Crippen molar-refractivity contribution in [2.24, 2.45) is 0 Å². The lowest BCUT2D eigenvalue weighted by molar-refractivity contribution is 1.19. The van der Waals surface area contributed by atoms with E-state index in [0.29, 0.717) is 0 Å². The smallest absolute Gasteiger partial charge is 0.0494 e. The summed E-state index contributed by atoms with van der Waals surface area (Å²) < 4.78 is 0. The van der Waals surface area contributed by atoms with Gasteiger partial charge in [0.05, 0.1) is 0 Å². The van der Waals surface area contributed by atoms with Crippen LogP contribution in [0.5, 0.6) is 0 Å². The topological polar surface area (TPSA) is 12.0 Å². The van der Waals surface area contributed by atoms with Gasteiger partial charge in [-0.3, -0.25) is 0 Å². The van der Waals surface area contributed by atoms with E-state index in [1.54, 1.807) is 0 Å². The highest BCUT2D eigenvalue weighted by molar-refractivity contribution is 7.11. The van der Waals surface area contributed by atoms with Crippen molar-refractivity contribution in [3.8, 4) is 0 Å². The minimum Gasteiger partial charge on any atom is -0.380 e. The minimum absolute atomic E-state index is 0.918. The van der Waals surface area contributed by atoms with Gasteiger partial charge in [-0.15, -0.1) is 11.3 Å². The van der Waals surface area contributed by atoms with Crippen LogP contribution in [0, 0.1) is 13.8 Å². The fourth-order valence-electron chi connectivity index (χ4n) is 1.44. The maximum atomic E-state index is 3.41. The Morgan fingerprint density at radius 3 is 2.33 bits per heavy atom. The lowest BCUT2D eigenvalue weighted by atomic mass is 10.2. The van der Waals surface area contributed by atoms with Crippen LogP contribution in [-0.2, 0) is 6.54 Å². The molecule has 0 radical (unpaired) electrons. The van der Waals surface area contributed by atoms with Crippen molar-refractivity contribution in [1.29, 1.82) is 0 Å². The fraction of sp³-hybridized carbons (Fsp3) is 0.231. The molecule has 15 heavy (non-hydrogen) atoms. The largest absolute Gasteiger partial charge is 0.380 e. The van der Waals surface area contributed by atoms with Gasteiger partial charge in [0.1, 0.15) is 0 Å². The van der Waals surface area contributed by atoms with Gasteiger partial charge in [-0.2, -0.15) is 0 Å². The van der Waals surface area contributed by atoms with Gasteiger partial charge in [0, 0.05) is 22.0 Å². The molecule has 0 amide bonds. The zero-order valence-electron chi connectivity index (χ0n) is 9.08. The molecule has 78 valence electrons. The summed E-state index contributed by atoms with van der Waals surface area (Å²) >= 11 is 1.85. The molecule has 1 nitrogen and oxygen atoms in total. The zero-order valence-corrected chi connectivity index (χ0v) is 9.90. The van der Waals surface area contributed by atoms with Crippen molar-refractivity contribution >= 4 is 17.0 Å². The molecule has 2 heteroatoms. The Kier molecular flexibility index (Phi) is 3.07. The Bertz CT molecular complexity index is 428. The second kappa shape index (κ2) is 4.49. The Morgan fingerprint density at radius 1 is 1.00 bits per heavy atom. The number of hydrogen-bond donors (Lipinski definition) is 1. The van der Waals surface area contributed by atoms with Crippen molar-refractivity contribution < 1.29 is 0 Å². The van der Waals surface area contributed by atoms with Crippen molar-refractivity contribution in [2.75, 3.05) is 5.32 Å². The number of rotatable bonds is 3. The van der Waals surface area contributed by atoms with Gasteiger partial charge in [-0.25, -0.2) is 0 Å². The van der Waals surface area contributed by atoms with E-state index in [9.17, 15) is 0 Å². The molecule has 0 aliphatic rings. The summed E-state index contributed by atoms with van der Waals surface area (Å²) in [5, 5.41) is 3.41. The van der Waals surface area contributed by atoms with Crippen LogP contribution in [0.25, 0.3) is 0 Å². The monoisotopic (exact) mass is 217 g/mol. The van der Waals surface area contributed by atoms with E-state index in [-0.39, 0.29) is 0 Å². The summed E-state index contributed by atoms with van der Waals surface area (Å²) in [5.41, 5.74) is 2.49. The van der Waals surface area contributed by atoms with E-state index in [2.05, 4.69) is 55.6 Å².